The second-order valence-electron chi connectivity index (χ2n) is 4.43. The Morgan fingerprint density at radius 1 is 1.44 bits per heavy atom. The van der Waals surface area contributed by atoms with Gasteiger partial charge in [0.05, 0.1) is 17.2 Å². The van der Waals surface area contributed by atoms with Crippen LogP contribution >= 0.6 is 0 Å². The first-order valence-electron chi connectivity index (χ1n) is 5.70. The molecule has 4 nitrogen and oxygen atoms in total. The first-order valence-corrected chi connectivity index (χ1v) is 5.70. The monoisotopic (exact) mass is 217 g/mol. The second-order valence-corrected chi connectivity index (χ2v) is 4.43. The van der Waals surface area contributed by atoms with Gasteiger partial charge >= 0.3 is 5.69 Å². The van der Waals surface area contributed by atoms with E-state index in [1.165, 1.54) is 5.56 Å². The number of nitrogens with zero attached hydrogens (tertiary/aromatic N) is 1. The van der Waals surface area contributed by atoms with Crippen molar-refractivity contribution in [2.45, 2.75) is 25.9 Å². The zero-order valence-electron chi connectivity index (χ0n) is 9.29. The molecule has 4 heteroatoms. The lowest BCUT2D eigenvalue weighted by atomic mass is 10.2. The number of fused-ring (bicyclic) bond motifs is 1. The van der Waals surface area contributed by atoms with Crippen LogP contribution in [-0.2, 0) is 0 Å². The molecular formula is C12H15N3O. The predicted octanol–water partition coefficient (Wildman–Crippen LogP) is 1.52. The summed E-state index contributed by atoms with van der Waals surface area (Å²) in [5.41, 5.74) is 3.09. The van der Waals surface area contributed by atoms with E-state index in [4.69, 9.17) is 0 Å². The van der Waals surface area contributed by atoms with Crippen molar-refractivity contribution in [2.24, 2.45) is 0 Å². The molecule has 1 aromatic heterocycles. The number of nitrogens with one attached hydrogen (secondary N) is 2. The Hall–Kier alpha value is -1.55. The first-order chi connectivity index (χ1) is 7.75. The van der Waals surface area contributed by atoms with Crippen LogP contribution in [0.3, 0.4) is 0 Å². The Balaban J connectivity index is 2.25. The summed E-state index contributed by atoms with van der Waals surface area (Å²) in [6, 6.07) is 6.05. The quantitative estimate of drug-likeness (QED) is 0.761. The van der Waals surface area contributed by atoms with Gasteiger partial charge in [0.15, 0.2) is 0 Å². The molecule has 16 heavy (non-hydrogen) atoms. The molecule has 0 amide bonds. The largest absolute Gasteiger partial charge is 0.327 e. The molecule has 2 heterocycles. The third kappa shape index (κ3) is 1.38. The topological polar surface area (TPSA) is 49.8 Å². The summed E-state index contributed by atoms with van der Waals surface area (Å²) >= 11 is 0. The molecule has 1 fully saturated rings. The van der Waals surface area contributed by atoms with Gasteiger partial charge in [-0.25, -0.2) is 4.79 Å². The summed E-state index contributed by atoms with van der Waals surface area (Å²) < 4.78 is 1.84. The molecule has 1 saturated heterocycles. The van der Waals surface area contributed by atoms with Crippen molar-refractivity contribution in [1.29, 1.82) is 0 Å². The zero-order valence-corrected chi connectivity index (χ0v) is 9.29. The van der Waals surface area contributed by atoms with Crippen LogP contribution in [0.5, 0.6) is 0 Å². The number of hydrogen-bond acceptors (Lipinski definition) is 2. The van der Waals surface area contributed by atoms with Gasteiger partial charge < -0.3 is 4.98 Å². The molecule has 0 spiro atoms. The van der Waals surface area contributed by atoms with E-state index in [0.717, 1.165) is 30.4 Å². The van der Waals surface area contributed by atoms with E-state index in [1.807, 2.05) is 23.6 Å². The van der Waals surface area contributed by atoms with Crippen LogP contribution in [0.2, 0.25) is 0 Å². The number of imidazole rings is 1. The van der Waals surface area contributed by atoms with Crippen LogP contribution in [0.4, 0.5) is 0 Å². The van der Waals surface area contributed by atoms with Gasteiger partial charge in [-0.15, -0.1) is 0 Å². The van der Waals surface area contributed by atoms with E-state index in [-0.39, 0.29) is 11.9 Å². The minimum Gasteiger partial charge on any atom is -0.305 e. The molecule has 0 radical (unpaired) electrons. The van der Waals surface area contributed by atoms with Crippen LogP contribution in [0.15, 0.2) is 23.0 Å². The summed E-state index contributed by atoms with van der Waals surface area (Å²) in [5, 5.41) is 3.35. The second kappa shape index (κ2) is 3.49. The van der Waals surface area contributed by atoms with Gasteiger partial charge in [0, 0.05) is 0 Å². The van der Waals surface area contributed by atoms with Gasteiger partial charge in [-0.1, -0.05) is 6.07 Å². The number of hydrogen-bond donors (Lipinski definition) is 2. The van der Waals surface area contributed by atoms with Crippen molar-refractivity contribution in [3.8, 4) is 0 Å². The van der Waals surface area contributed by atoms with Gasteiger partial charge in [0.1, 0.15) is 0 Å². The molecule has 2 N–H and O–H groups in total. The molecule has 1 unspecified atom stereocenters. The highest BCUT2D eigenvalue weighted by atomic mass is 16.1. The Labute approximate surface area is 93.3 Å². The van der Waals surface area contributed by atoms with E-state index < -0.39 is 0 Å². The maximum atomic E-state index is 11.9. The number of rotatable bonds is 1. The molecular weight excluding hydrogens is 202 g/mol. The lowest BCUT2D eigenvalue weighted by molar-refractivity contribution is 0.469. The van der Waals surface area contributed by atoms with E-state index >= 15 is 0 Å². The van der Waals surface area contributed by atoms with Crippen LogP contribution < -0.4 is 11.0 Å². The highest BCUT2D eigenvalue weighted by Crippen LogP contribution is 2.20. The van der Waals surface area contributed by atoms with Crippen molar-refractivity contribution in [3.05, 3.63) is 34.2 Å². The van der Waals surface area contributed by atoms with E-state index in [1.54, 1.807) is 0 Å². The first kappa shape index (κ1) is 9.66. The highest BCUT2D eigenvalue weighted by Gasteiger charge is 2.20. The van der Waals surface area contributed by atoms with Crippen molar-refractivity contribution >= 4 is 11.0 Å². The maximum Gasteiger partial charge on any atom is 0.327 e. The van der Waals surface area contributed by atoms with Crippen LogP contribution in [0.25, 0.3) is 11.0 Å². The van der Waals surface area contributed by atoms with Gasteiger partial charge in [-0.3, -0.25) is 9.88 Å². The lowest BCUT2D eigenvalue weighted by Gasteiger charge is -2.12. The smallest absolute Gasteiger partial charge is 0.305 e. The molecule has 0 bridgehead atoms. The van der Waals surface area contributed by atoms with Crippen LogP contribution in [-0.4, -0.2) is 16.1 Å². The summed E-state index contributed by atoms with van der Waals surface area (Å²) in [6.45, 7) is 3.04. The van der Waals surface area contributed by atoms with Crippen LogP contribution in [0, 0.1) is 6.92 Å². The minimum atomic E-state index is -0.0139. The van der Waals surface area contributed by atoms with Crippen molar-refractivity contribution in [1.82, 2.24) is 14.9 Å². The number of benzene rings is 1. The zero-order chi connectivity index (χ0) is 11.1. The van der Waals surface area contributed by atoms with Gasteiger partial charge in [0.25, 0.3) is 0 Å². The Morgan fingerprint density at radius 2 is 2.31 bits per heavy atom. The summed E-state index contributed by atoms with van der Waals surface area (Å²) in [6.07, 6.45) is 2.32. The summed E-state index contributed by atoms with van der Waals surface area (Å²) in [5.74, 6) is 0. The average molecular weight is 217 g/mol. The minimum absolute atomic E-state index is 0.0139. The SMILES string of the molecule is Cc1ccc2[nH]c(=O)n(C3CCCN3)c2c1. The Bertz CT molecular complexity index is 575. The fraction of sp³-hybridized carbons (Fsp3) is 0.417. The standard InChI is InChI=1S/C12H15N3O/c1-8-4-5-9-10(7-8)15(12(16)14-9)11-3-2-6-13-11/h4-5,7,11,13H,2-3,6H2,1H3,(H,14,16). The molecule has 1 atom stereocenters. The maximum absolute atomic E-state index is 11.9. The number of H-pyrrole nitrogens is 1. The number of aryl methyl sites for hydroxylation is 1. The van der Waals surface area contributed by atoms with Crippen molar-refractivity contribution in [2.75, 3.05) is 6.54 Å². The van der Waals surface area contributed by atoms with Gasteiger partial charge in [-0.2, -0.15) is 0 Å². The van der Waals surface area contributed by atoms with Gasteiger partial charge in [-0.05, 0) is 44.0 Å². The summed E-state index contributed by atoms with van der Waals surface area (Å²) in [7, 11) is 0. The molecule has 0 saturated carbocycles. The van der Waals surface area contributed by atoms with Crippen molar-refractivity contribution < 1.29 is 0 Å². The number of aromatic nitrogens is 2. The normalized spacial score (nSPS) is 20.7. The van der Waals surface area contributed by atoms with E-state index in [0.29, 0.717) is 0 Å². The van der Waals surface area contributed by atoms with Crippen molar-refractivity contribution in [3.63, 3.8) is 0 Å². The molecule has 1 aliphatic rings. The molecule has 1 aliphatic heterocycles. The molecule has 2 aromatic rings. The predicted molar refractivity (Wildman–Crippen MR) is 63.6 cm³/mol. The fourth-order valence-corrected chi connectivity index (χ4v) is 2.43. The molecule has 84 valence electrons. The highest BCUT2D eigenvalue weighted by molar-refractivity contribution is 5.76. The Morgan fingerprint density at radius 3 is 3.06 bits per heavy atom. The Kier molecular flexibility index (Phi) is 2.11. The lowest BCUT2D eigenvalue weighted by Crippen LogP contribution is -2.28. The van der Waals surface area contributed by atoms with Gasteiger partial charge in [0.2, 0.25) is 0 Å². The van der Waals surface area contributed by atoms with Crippen LogP contribution in [0.1, 0.15) is 24.6 Å². The molecule has 0 aliphatic carbocycles. The molecule has 1 aromatic carbocycles. The van der Waals surface area contributed by atoms with E-state index in [9.17, 15) is 4.79 Å². The summed E-state index contributed by atoms with van der Waals surface area (Å²) in [4.78, 5) is 14.8. The fourth-order valence-electron chi connectivity index (χ4n) is 2.43. The third-order valence-corrected chi connectivity index (χ3v) is 3.22. The van der Waals surface area contributed by atoms with E-state index in [2.05, 4.69) is 16.4 Å². The third-order valence-electron chi connectivity index (χ3n) is 3.22. The number of aromatic amines is 1. The average Bonchev–Trinajstić information content (AvgIpc) is 2.83. The molecule has 3 rings (SSSR count).